The van der Waals surface area contributed by atoms with Gasteiger partial charge in [-0.3, -0.25) is 0 Å². The maximum Gasteiger partial charge on any atom is 0.0208 e. The maximum atomic E-state index is 4.37. The van der Waals surface area contributed by atoms with Crippen molar-refractivity contribution in [3.05, 3.63) is 29.3 Å². The van der Waals surface area contributed by atoms with Crippen molar-refractivity contribution in [3.8, 4) is 0 Å². The molecule has 1 aliphatic heterocycles. The van der Waals surface area contributed by atoms with Crippen LogP contribution in [0.1, 0.15) is 30.9 Å². The molecule has 1 heterocycles. The average molecular weight is 207 g/mol. The monoisotopic (exact) mass is 207 g/mol. The van der Waals surface area contributed by atoms with Crippen LogP contribution in [0.25, 0.3) is 0 Å². The van der Waals surface area contributed by atoms with Crippen molar-refractivity contribution in [2.45, 2.75) is 31.2 Å². The Morgan fingerprint density at radius 2 is 2.21 bits per heavy atom. The second-order valence-corrected chi connectivity index (χ2v) is 4.88. The topological polar surface area (TPSA) is 12.0 Å². The first kappa shape index (κ1) is 10.1. The van der Waals surface area contributed by atoms with Crippen LogP contribution in [-0.4, -0.2) is 6.54 Å². The van der Waals surface area contributed by atoms with E-state index in [1.54, 1.807) is 0 Å². The highest BCUT2D eigenvalue weighted by molar-refractivity contribution is 7.80. The fourth-order valence-electron chi connectivity index (χ4n) is 2.17. The number of hydrogen-bond donors (Lipinski definition) is 2. The highest BCUT2D eigenvalue weighted by Gasteiger charge is 2.22. The molecule has 0 fully saturated rings. The number of thiol groups is 1. The third kappa shape index (κ3) is 1.82. The third-order valence-corrected chi connectivity index (χ3v) is 3.29. The summed E-state index contributed by atoms with van der Waals surface area (Å²) >= 11 is 4.37. The molecule has 1 aliphatic rings. The van der Waals surface area contributed by atoms with Crippen molar-refractivity contribution < 1.29 is 0 Å². The van der Waals surface area contributed by atoms with Crippen molar-refractivity contribution in [2.75, 3.05) is 6.54 Å². The van der Waals surface area contributed by atoms with E-state index in [4.69, 9.17) is 0 Å². The summed E-state index contributed by atoms with van der Waals surface area (Å²) in [6.45, 7) is 6.68. The van der Waals surface area contributed by atoms with E-state index in [1.807, 2.05) is 0 Å². The van der Waals surface area contributed by atoms with Gasteiger partial charge < -0.3 is 5.32 Å². The summed E-state index contributed by atoms with van der Waals surface area (Å²) < 4.78 is 0. The molecule has 1 atom stereocenters. The van der Waals surface area contributed by atoms with Crippen molar-refractivity contribution in [2.24, 2.45) is 5.92 Å². The summed E-state index contributed by atoms with van der Waals surface area (Å²) in [5.41, 5.74) is 2.93. The maximum absolute atomic E-state index is 4.37. The Morgan fingerprint density at radius 3 is 2.93 bits per heavy atom. The minimum Gasteiger partial charge on any atom is -0.312 e. The number of hydrogen-bond acceptors (Lipinski definition) is 2. The van der Waals surface area contributed by atoms with E-state index >= 15 is 0 Å². The van der Waals surface area contributed by atoms with E-state index in [2.05, 4.69) is 50.0 Å². The molecule has 0 bridgehead atoms. The molecule has 0 aliphatic carbocycles. The Labute approximate surface area is 91.3 Å². The van der Waals surface area contributed by atoms with E-state index in [9.17, 15) is 0 Å². The summed E-state index contributed by atoms with van der Waals surface area (Å²) in [6.07, 6.45) is 0. The quantitative estimate of drug-likeness (QED) is 0.675. The molecule has 76 valence electrons. The van der Waals surface area contributed by atoms with Gasteiger partial charge in [0, 0.05) is 18.0 Å². The Bertz CT molecular complexity index is 333. The van der Waals surface area contributed by atoms with Crippen LogP contribution >= 0.6 is 12.6 Å². The largest absolute Gasteiger partial charge is 0.312 e. The molecule has 1 nitrogen and oxygen atoms in total. The van der Waals surface area contributed by atoms with Crippen LogP contribution in [0.3, 0.4) is 0 Å². The predicted octanol–water partition coefficient (Wildman–Crippen LogP) is 2.82. The third-order valence-electron chi connectivity index (χ3n) is 3.01. The summed E-state index contributed by atoms with van der Waals surface area (Å²) in [4.78, 5) is 1.06. The minimum atomic E-state index is 0.660. The van der Waals surface area contributed by atoms with E-state index < -0.39 is 0 Å². The Kier molecular flexibility index (Phi) is 2.84. The minimum absolute atomic E-state index is 0.660. The van der Waals surface area contributed by atoms with Gasteiger partial charge in [-0.25, -0.2) is 0 Å². The van der Waals surface area contributed by atoms with Gasteiger partial charge in [-0.2, -0.15) is 0 Å². The van der Waals surface area contributed by atoms with Gasteiger partial charge in [-0.15, -0.1) is 12.6 Å². The second kappa shape index (κ2) is 3.95. The molecule has 2 rings (SSSR count). The molecule has 1 unspecified atom stereocenters. The van der Waals surface area contributed by atoms with Crippen LogP contribution in [0.5, 0.6) is 0 Å². The van der Waals surface area contributed by atoms with Crippen LogP contribution in [0.15, 0.2) is 23.1 Å². The molecule has 0 amide bonds. The van der Waals surface area contributed by atoms with E-state index in [0.717, 1.165) is 18.0 Å². The zero-order chi connectivity index (χ0) is 10.1. The first-order chi connectivity index (χ1) is 6.68. The van der Waals surface area contributed by atoms with E-state index in [-0.39, 0.29) is 0 Å². The van der Waals surface area contributed by atoms with Crippen LogP contribution in [0, 0.1) is 5.92 Å². The van der Waals surface area contributed by atoms with Gasteiger partial charge in [-0.1, -0.05) is 19.9 Å². The SMILES string of the molecule is CC(C)C1CNCc2cc(S)ccc21. The second-order valence-electron chi connectivity index (χ2n) is 4.36. The van der Waals surface area contributed by atoms with Gasteiger partial charge in [-0.05, 0) is 35.1 Å². The fourth-order valence-corrected chi connectivity index (χ4v) is 2.40. The molecular weight excluding hydrogens is 190 g/mol. The molecule has 1 aromatic rings. The van der Waals surface area contributed by atoms with Gasteiger partial charge in [0.25, 0.3) is 0 Å². The summed E-state index contributed by atoms with van der Waals surface area (Å²) in [5, 5.41) is 3.47. The van der Waals surface area contributed by atoms with Crippen molar-refractivity contribution in [1.29, 1.82) is 0 Å². The molecule has 0 saturated carbocycles. The summed E-state index contributed by atoms with van der Waals surface area (Å²) in [6, 6.07) is 6.52. The average Bonchev–Trinajstić information content (AvgIpc) is 2.16. The first-order valence-electron chi connectivity index (χ1n) is 5.21. The molecule has 0 saturated heterocycles. The lowest BCUT2D eigenvalue weighted by Crippen LogP contribution is -2.30. The molecule has 2 heteroatoms. The van der Waals surface area contributed by atoms with E-state index in [1.165, 1.54) is 11.1 Å². The Hall–Kier alpha value is -0.470. The molecule has 1 aromatic carbocycles. The Morgan fingerprint density at radius 1 is 1.43 bits per heavy atom. The first-order valence-corrected chi connectivity index (χ1v) is 5.65. The molecule has 14 heavy (non-hydrogen) atoms. The van der Waals surface area contributed by atoms with Crippen molar-refractivity contribution >= 4 is 12.6 Å². The highest BCUT2D eigenvalue weighted by atomic mass is 32.1. The van der Waals surface area contributed by atoms with Crippen LogP contribution in [-0.2, 0) is 6.54 Å². The van der Waals surface area contributed by atoms with Crippen LogP contribution in [0.4, 0.5) is 0 Å². The lowest BCUT2D eigenvalue weighted by atomic mass is 9.83. The number of rotatable bonds is 1. The predicted molar refractivity (Wildman–Crippen MR) is 63.0 cm³/mol. The zero-order valence-electron chi connectivity index (χ0n) is 8.75. The standard InChI is InChI=1S/C12H17NS/c1-8(2)12-7-13-6-9-5-10(14)3-4-11(9)12/h3-5,8,12-14H,6-7H2,1-2H3. The molecular formula is C12H17NS. The van der Waals surface area contributed by atoms with Crippen molar-refractivity contribution in [3.63, 3.8) is 0 Å². The Balaban J connectivity index is 2.40. The van der Waals surface area contributed by atoms with Gasteiger partial charge in [0.1, 0.15) is 0 Å². The van der Waals surface area contributed by atoms with E-state index in [0.29, 0.717) is 11.8 Å². The molecule has 1 N–H and O–H groups in total. The van der Waals surface area contributed by atoms with Gasteiger partial charge in [0.2, 0.25) is 0 Å². The number of nitrogens with one attached hydrogen (secondary N) is 1. The van der Waals surface area contributed by atoms with Gasteiger partial charge in [0.15, 0.2) is 0 Å². The number of fused-ring (bicyclic) bond motifs is 1. The normalized spacial score (nSPS) is 21.0. The van der Waals surface area contributed by atoms with Gasteiger partial charge >= 0.3 is 0 Å². The molecule has 0 radical (unpaired) electrons. The molecule has 0 aromatic heterocycles. The smallest absolute Gasteiger partial charge is 0.0208 e. The molecule has 0 spiro atoms. The van der Waals surface area contributed by atoms with Crippen LogP contribution in [0.2, 0.25) is 0 Å². The number of benzene rings is 1. The highest BCUT2D eigenvalue weighted by Crippen LogP contribution is 2.30. The van der Waals surface area contributed by atoms with Gasteiger partial charge in [0.05, 0.1) is 0 Å². The van der Waals surface area contributed by atoms with Crippen LogP contribution < -0.4 is 5.32 Å². The lowest BCUT2D eigenvalue weighted by molar-refractivity contribution is 0.435. The zero-order valence-corrected chi connectivity index (χ0v) is 9.64. The van der Waals surface area contributed by atoms with Crippen molar-refractivity contribution in [1.82, 2.24) is 5.32 Å². The summed E-state index contributed by atoms with van der Waals surface area (Å²) in [7, 11) is 0. The fraction of sp³-hybridized carbons (Fsp3) is 0.500. The lowest BCUT2D eigenvalue weighted by Gasteiger charge is -2.29. The summed E-state index contributed by atoms with van der Waals surface area (Å²) in [5.74, 6) is 1.36.